The molecule has 2 aromatic carbocycles. The summed E-state index contributed by atoms with van der Waals surface area (Å²) in [5, 5.41) is 2.62. The molecule has 3 rings (SSSR count). The van der Waals surface area contributed by atoms with Crippen LogP contribution in [-0.4, -0.2) is 31.8 Å². The van der Waals surface area contributed by atoms with Gasteiger partial charge in [0.15, 0.2) is 0 Å². The van der Waals surface area contributed by atoms with E-state index in [0.717, 1.165) is 37.7 Å². The van der Waals surface area contributed by atoms with E-state index in [1.165, 1.54) is 48.7 Å². The second kappa shape index (κ2) is 9.57. The van der Waals surface area contributed by atoms with Gasteiger partial charge in [0.05, 0.1) is 17.7 Å². The molecule has 0 aromatic heterocycles. The van der Waals surface area contributed by atoms with Crippen molar-refractivity contribution in [2.45, 2.75) is 56.5 Å². The molecule has 1 saturated carbocycles. The smallest absolute Gasteiger partial charge is 0.243 e. The molecule has 0 unspecified atom stereocenters. The second-order valence-corrected chi connectivity index (χ2v) is 9.40. The van der Waals surface area contributed by atoms with Crippen molar-refractivity contribution in [3.05, 3.63) is 53.8 Å². The fourth-order valence-electron chi connectivity index (χ4n) is 3.82. The van der Waals surface area contributed by atoms with Crippen molar-refractivity contribution < 1.29 is 22.3 Å². The Bertz CT molecular complexity index is 987. The van der Waals surface area contributed by atoms with E-state index >= 15 is 0 Å². The van der Waals surface area contributed by atoms with Crippen molar-refractivity contribution in [2.75, 3.05) is 12.4 Å². The van der Waals surface area contributed by atoms with Gasteiger partial charge in [-0.3, -0.25) is 4.79 Å². The number of carbonyl (C=O) groups is 1. The molecule has 0 heterocycles. The molecule has 2 aromatic rings. The highest BCUT2D eigenvalue weighted by Gasteiger charge is 2.33. The van der Waals surface area contributed by atoms with Crippen LogP contribution in [0.3, 0.4) is 0 Å². The van der Waals surface area contributed by atoms with Gasteiger partial charge in [0.25, 0.3) is 0 Å². The molecule has 1 aliphatic carbocycles. The van der Waals surface area contributed by atoms with E-state index in [1.54, 1.807) is 12.1 Å². The highest BCUT2D eigenvalue weighted by molar-refractivity contribution is 7.89. The van der Waals surface area contributed by atoms with Gasteiger partial charge in [-0.05, 0) is 48.7 Å². The van der Waals surface area contributed by atoms with Gasteiger partial charge in [0, 0.05) is 19.5 Å². The van der Waals surface area contributed by atoms with E-state index in [1.807, 2.05) is 0 Å². The van der Waals surface area contributed by atoms with E-state index in [4.69, 9.17) is 4.74 Å². The lowest BCUT2D eigenvalue weighted by Gasteiger charge is -2.33. The molecule has 30 heavy (non-hydrogen) atoms. The summed E-state index contributed by atoms with van der Waals surface area (Å²) in [5.41, 5.74) is 1.03. The summed E-state index contributed by atoms with van der Waals surface area (Å²) in [5.74, 6) is -0.300. The molecule has 0 aliphatic heterocycles. The van der Waals surface area contributed by atoms with E-state index < -0.39 is 10.0 Å². The SMILES string of the molecule is COc1ccc(S(=O)(=O)N(Cc2ccc(F)cc2)C2CCCCC2)cc1NC(C)=O. The normalized spacial score (nSPS) is 15.2. The first kappa shape index (κ1) is 22.2. The van der Waals surface area contributed by atoms with Crippen LogP contribution in [0, 0.1) is 5.82 Å². The lowest BCUT2D eigenvalue weighted by molar-refractivity contribution is -0.114. The number of carbonyl (C=O) groups excluding carboxylic acids is 1. The number of ether oxygens (including phenoxy) is 1. The molecule has 0 atom stereocenters. The van der Waals surface area contributed by atoms with Gasteiger partial charge >= 0.3 is 0 Å². The third kappa shape index (κ3) is 5.17. The third-order valence-electron chi connectivity index (χ3n) is 5.32. The predicted octanol–water partition coefficient (Wildman–Crippen LogP) is 4.32. The van der Waals surface area contributed by atoms with Crippen molar-refractivity contribution in [2.24, 2.45) is 0 Å². The van der Waals surface area contributed by atoms with Crippen molar-refractivity contribution in [1.29, 1.82) is 0 Å². The molecule has 0 spiro atoms. The number of halogens is 1. The number of methoxy groups -OCH3 is 1. The maximum Gasteiger partial charge on any atom is 0.243 e. The van der Waals surface area contributed by atoms with Crippen molar-refractivity contribution in [3.8, 4) is 5.75 Å². The van der Waals surface area contributed by atoms with E-state index in [2.05, 4.69) is 5.32 Å². The summed E-state index contributed by atoms with van der Waals surface area (Å²) >= 11 is 0. The number of benzene rings is 2. The first-order valence-electron chi connectivity index (χ1n) is 10.0. The highest BCUT2D eigenvalue weighted by Crippen LogP contribution is 2.33. The number of sulfonamides is 1. The molecule has 1 fully saturated rings. The van der Waals surface area contributed by atoms with Crippen LogP contribution in [0.15, 0.2) is 47.4 Å². The van der Waals surface area contributed by atoms with Crippen LogP contribution in [-0.2, 0) is 21.4 Å². The number of rotatable bonds is 7. The fraction of sp³-hybridized carbons (Fsp3) is 0.409. The molecule has 1 aliphatic rings. The van der Waals surface area contributed by atoms with Crippen LogP contribution in [0.4, 0.5) is 10.1 Å². The standard InChI is InChI=1S/C22H27FN2O4S/c1-16(26)24-21-14-20(12-13-22(21)29-2)30(27,28)25(19-6-4-3-5-7-19)15-17-8-10-18(23)11-9-17/h8-14,19H,3-7,15H2,1-2H3,(H,24,26). The van der Waals surface area contributed by atoms with Crippen molar-refractivity contribution in [3.63, 3.8) is 0 Å². The van der Waals surface area contributed by atoms with Gasteiger partial charge in [0.2, 0.25) is 15.9 Å². The zero-order chi connectivity index (χ0) is 21.7. The monoisotopic (exact) mass is 434 g/mol. The summed E-state index contributed by atoms with van der Waals surface area (Å²) in [6, 6.07) is 10.2. The van der Waals surface area contributed by atoms with Crippen LogP contribution in [0.5, 0.6) is 5.75 Å². The molecule has 0 bridgehead atoms. The van der Waals surface area contributed by atoms with Gasteiger partial charge in [-0.25, -0.2) is 12.8 Å². The molecule has 6 nitrogen and oxygen atoms in total. The largest absolute Gasteiger partial charge is 0.495 e. The molecule has 0 saturated heterocycles. The van der Waals surface area contributed by atoms with Gasteiger partial charge in [-0.2, -0.15) is 4.31 Å². The van der Waals surface area contributed by atoms with Gasteiger partial charge in [-0.15, -0.1) is 0 Å². The van der Waals surface area contributed by atoms with Gasteiger partial charge < -0.3 is 10.1 Å². The van der Waals surface area contributed by atoms with Crippen molar-refractivity contribution in [1.82, 2.24) is 4.31 Å². The van der Waals surface area contributed by atoms with Crippen LogP contribution in [0.2, 0.25) is 0 Å². The van der Waals surface area contributed by atoms with E-state index in [0.29, 0.717) is 11.4 Å². The summed E-state index contributed by atoms with van der Waals surface area (Å²) in [7, 11) is -2.40. The first-order valence-corrected chi connectivity index (χ1v) is 11.5. The molecule has 8 heteroatoms. The quantitative estimate of drug-likeness (QED) is 0.704. The molecule has 0 radical (unpaired) electrons. The fourth-order valence-corrected chi connectivity index (χ4v) is 5.52. The number of hydrogen-bond acceptors (Lipinski definition) is 4. The number of nitrogens with one attached hydrogen (secondary N) is 1. The minimum absolute atomic E-state index is 0.0831. The highest BCUT2D eigenvalue weighted by atomic mass is 32.2. The maximum absolute atomic E-state index is 13.6. The van der Waals surface area contributed by atoms with Gasteiger partial charge in [0.1, 0.15) is 11.6 Å². The number of amides is 1. The minimum Gasteiger partial charge on any atom is -0.495 e. The average Bonchev–Trinajstić information content (AvgIpc) is 2.73. The maximum atomic E-state index is 13.6. The Morgan fingerprint density at radius 1 is 1.13 bits per heavy atom. The third-order valence-corrected chi connectivity index (χ3v) is 7.22. The van der Waals surface area contributed by atoms with E-state index in [-0.39, 0.29) is 29.2 Å². The zero-order valence-electron chi connectivity index (χ0n) is 17.2. The van der Waals surface area contributed by atoms with Crippen LogP contribution >= 0.6 is 0 Å². The topological polar surface area (TPSA) is 75.7 Å². The van der Waals surface area contributed by atoms with E-state index in [9.17, 15) is 17.6 Å². The lowest BCUT2D eigenvalue weighted by Crippen LogP contribution is -2.40. The molecular weight excluding hydrogens is 407 g/mol. The Morgan fingerprint density at radius 3 is 2.40 bits per heavy atom. The summed E-state index contributed by atoms with van der Waals surface area (Å²) < 4.78 is 47.3. The average molecular weight is 435 g/mol. The van der Waals surface area contributed by atoms with Crippen LogP contribution < -0.4 is 10.1 Å². The Hall–Kier alpha value is -2.45. The van der Waals surface area contributed by atoms with Gasteiger partial charge in [-0.1, -0.05) is 31.4 Å². The number of anilines is 1. The lowest BCUT2D eigenvalue weighted by atomic mass is 9.95. The molecule has 1 amide bonds. The molecule has 1 N–H and O–H groups in total. The second-order valence-electron chi connectivity index (χ2n) is 7.51. The zero-order valence-corrected chi connectivity index (χ0v) is 18.0. The Balaban J connectivity index is 2.00. The van der Waals surface area contributed by atoms with Crippen LogP contribution in [0.25, 0.3) is 0 Å². The summed E-state index contributed by atoms with van der Waals surface area (Å²) in [4.78, 5) is 11.6. The number of nitrogens with zero attached hydrogens (tertiary/aromatic N) is 1. The number of hydrogen-bond donors (Lipinski definition) is 1. The minimum atomic E-state index is -3.86. The van der Waals surface area contributed by atoms with Crippen LogP contribution in [0.1, 0.15) is 44.6 Å². The summed E-state index contributed by atoms with van der Waals surface area (Å²) in [6.45, 7) is 1.51. The predicted molar refractivity (Wildman–Crippen MR) is 113 cm³/mol. The molecule has 162 valence electrons. The van der Waals surface area contributed by atoms with Crippen molar-refractivity contribution >= 4 is 21.6 Å². The Labute approximate surface area is 177 Å². The first-order chi connectivity index (χ1) is 14.3. The Kier molecular flexibility index (Phi) is 7.10. The Morgan fingerprint density at radius 2 is 1.80 bits per heavy atom. The molecular formula is C22H27FN2O4S. The summed E-state index contributed by atoms with van der Waals surface area (Å²) in [6.07, 6.45) is 4.61.